The first kappa shape index (κ1) is 24.2. The van der Waals surface area contributed by atoms with Gasteiger partial charge in [-0.25, -0.2) is 4.79 Å². The zero-order valence-electron chi connectivity index (χ0n) is 21.6. The lowest BCUT2D eigenvalue weighted by Crippen LogP contribution is -2.44. The van der Waals surface area contributed by atoms with Gasteiger partial charge in [-0.05, 0) is 53.9 Å². The van der Waals surface area contributed by atoms with Crippen molar-refractivity contribution in [1.82, 2.24) is 34.7 Å². The van der Waals surface area contributed by atoms with E-state index in [1.54, 1.807) is 0 Å². The molecule has 3 unspecified atom stereocenters. The van der Waals surface area contributed by atoms with Crippen molar-refractivity contribution in [3.63, 3.8) is 0 Å². The average molecular weight is 486 g/mol. The number of nitrogens with one attached hydrogen (secondary N) is 1. The number of aromatic nitrogens is 7. The molecule has 8 heteroatoms. The van der Waals surface area contributed by atoms with Gasteiger partial charge in [0.1, 0.15) is 0 Å². The molecule has 8 nitrogen and oxygen atoms in total. The summed E-state index contributed by atoms with van der Waals surface area (Å²) in [5.74, 6) is 2.21. The Bertz CT molecular complexity index is 1350. The van der Waals surface area contributed by atoms with E-state index in [1.807, 2.05) is 45.7 Å². The molecule has 3 atom stereocenters. The van der Waals surface area contributed by atoms with Crippen LogP contribution in [0.1, 0.15) is 64.3 Å². The molecule has 1 saturated carbocycles. The number of hydrogen-bond acceptors (Lipinski definition) is 5. The Labute approximate surface area is 211 Å². The van der Waals surface area contributed by atoms with Gasteiger partial charge in [0, 0.05) is 35.3 Å². The highest BCUT2D eigenvalue weighted by Crippen LogP contribution is 2.47. The van der Waals surface area contributed by atoms with E-state index >= 15 is 0 Å². The van der Waals surface area contributed by atoms with Crippen LogP contribution < -0.4 is 5.69 Å². The SMILES string of the molecule is CCCCc1cn(C2C(C)CC2C(C)C)c(=O)n1Cc1ccc(-c2ccccc2-c2nn[nH]n2)nc1. The monoisotopic (exact) mass is 485 g/mol. The van der Waals surface area contributed by atoms with Gasteiger partial charge < -0.3 is 0 Å². The van der Waals surface area contributed by atoms with Gasteiger partial charge in [0.2, 0.25) is 5.82 Å². The van der Waals surface area contributed by atoms with Crippen LogP contribution in [0.5, 0.6) is 0 Å². The van der Waals surface area contributed by atoms with E-state index in [0.717, 1.165) is 47.3 Å². The Morgan fingerprint density at radius 1 is 1.14 bits per heavy atom. The first-order chi connectivity index (χ1) is 17.5. The number of aromatic amines is 1. The minimum absolute atomic E-state index is 0.106. The lowest BCUT2D eigenvalue weighted by Gasteiger charge is -2.45. The van der Waals surface area contributed by atoms with E-state index in [1.165, 1.54) is 6.42 Å². The molecule has 0 saturated heterocycles. The molecule has 4 aromatic rings. The summed E-state index contributed by atoms with van der Waals surface area (Å²) in [6.07, 6.45) is 8.29. The van der Waals surface area contributed by atoms with Crippen LogP contribution in [0.2, 0.25) is 0 Å². The fourth-order valence-electron chi connectivity index (χ4n) is 5.61. The molecule has 1 aromatic carbocycles. The molecule has 1 N–H and O–H groups in total. The number of imidazole rings is 1. The van der Waals surface area contributed by atoms with Crippen LogP contribution in [0, 0.1) is 17.8 Å². The minimum Gasteiger partial charge on any atom is -0.295 e. The lowest BCUT2D eigenvalue weighted by molar-refractivity contribution is 0.0538. The quantitative estimate of drug-likeness (QED) is 0.354. The largest absolute Gasteiger partial charge is 0.328 e. The van der Waals surface area contributed by atoms with Gasteiger partial charge in [-0.1, -0.05) is 64.4 Å². The third-order valence-electron chi connectivity index (χ3n) is 7.67. The van der Waals surface area contributed by atoms with Gasteiger partial charge in [0.15, 0.2) is 0 Å². The van der Waals surface area contributed by atoms with Gasteiger partial charge in [-0.3, -0.25) is 14.1 Å². The van der Waals surface area contributed by atoms with Crippen molar-refractivity contribution >= 4 is 0 Å². The molecule has 0 aliphatic heterocycles. The molecule has 3 heterocycles. The second-order valence-corrected chi connectivity index (χ2v) is 10.4. The van der Waals surface area contributed by atoms with Crippen LogP contribution in [-0.4, -0.2) is 34.7 Å². The standard InChI is InChI=1S/C28H35N7O/c1-5-6-9-21-17-35(26-19(4)14-24(26)18(2)3)28(36)34(21)16-20-12-13-25(29-15-20)22-10-7-8-11-23(22)27-30-32-33-31-27/h7-8,10-13,15,17-19,24,26H,5-6,9,14,16H2,1-4H3,(H,30,31,32,33). The number of aryl methyl sites for hydroxylation is 1. The number of unbranched alkanes of at least 4 members (excludes halogenated alkanes) is 1. The van der Waals surface area contributed by atoms with Crippen molar-refractivity contribution in [3.8, 4) is 22.6 Å². The highest BCUT2D eigenvalue weighted by Gasteiger charge is 2.42. The van der Waals surface area contributed by atoms with Crippen molar-refractivity contribution in [2.45, 2.75) is 66.0 Å². The van der Waals surface area contributed by atoms with Crippen LogP contribution >= 0.6 is 0 Å². The number of rotatable bonds is 9. The Morgan fingerprint density at radius 3 is 2.58 bits per heavy atom. The highest BCUT2D eigenvalue weighted by molar-refractivity contribution is 5.78. The summed E-state index contributed by atoms with van der Waals surface area (Å²) in [5, 5.41) is 14.4. The van der Waals surface area contributed by atoms with Crippen LogP contribution in [-0.2, 0) is 13.0 Å². The third kappa shape index (κ3) is 4.52. The summed E-state index contributed by atoms with van der Waals surface area (Å²) in [6.45, 7) is 9.53. The Balaban J connectivity index is 1.44. The van der Waals surface area contributed by atoms with Crippen molar-refractivity contribution in [2.75, 3.05) is 0 Å². The molecule has 36 heavy (non-hydrogen) atoms. The van der Waals surface area contributed by atoms with Crippen LogP contribution in [0.15, 0.2) is 53.6 Å². The van der Waals surface area contributed by atoms with Gasteiger partial charge in [0.05, 0.1) is 12.2 Å². The molecule has 0 bridgehead atoms. The Kier molecular flexibility index (Phi) is 6.85. The molecule has 1 fully saturated rings. The first-order valence-corrected chi connectivity index (χ1v) is 13.1. The van der Waals surface area contributed by atoms with Crippen molar-refractivity contribution in [1.29, 1.82) is 0 Å². The zero-order valence-corrected chi connectivity index (χ0v) is 21.6. The first-order valence-electron chi connectivity index (χ1n) is 13.1. The van der Waals surface area contributed by atoms with Gasteiger partial charge in [0.25, 0.3) is 0 Å². The molecular weight excluding hydrogens is 450 g/mol. The topological polar surface area (TPSA) is 94.3 Å². The number of H-pyrrole nitrogens is 1. The van der Waals surface area contributed by atoms with Crippen molar-refractivity contribution in [2.24, 2.45) is 17.8 Å². The predicted molar refractivity (Wildman–Crippen MR) is 140 cm³/mol. The minimum atomic E-state index is 0.106. The number of nitrogens with zero attached hydrogens (tertiary/aromatic N) is 6. The fraction of sp³-hybridized carbons (Fsp3) is 0.464. The molecule has 1 aliphatic rings. The van der Waals surface area contributed by atoms with E-state index in [-0.39, 0.29) is 5.69 Å². The summed E-state index contributed by atoms with van der Waals surface area (Å²) >= 11 is 0. The summed E-state index contributed by atoms with van der Waals surface area (Å²) in [4.78, 5) is 18.4. The van der Waals surface area contributed by atoms with Crippen LogP contribution in [0.3, 0.4) is 0 Å². The van der Waals surface area contributed by atoms with Gasteiger partial charge in [-0.2, -0.15) is 5.21 Å². The second kappa shape index (κ2) is 10.2. The number of tetrazole rings is 1. The Hall–Kier alpha value is -3.55. The molecule has 0 spiro atoms. The predicted octanol–water partition coefficient (Wildman–Crippen LogP) is 5.14. The number of hydrogen-bond donors (Lipinski definition) is 1. The van der Waals surface area contributed by atoms with E-state index in [0.29, 0.717) is 36.2 Å². The summed E-state index contributed by atoms with van der Waals surface area (Å²) in [6, 6.07) is 12.3. The summed E-state index contributed by atoms with van der Waals surface area (Å²) in [5.41, 5.74) is 4.88. The van der Waals surface area contributed by atoms with Gasteiger partial charge in [-0.15, -0.1) is 10.2 Å². The molecule has 188 valence electrons. The maximum atomic E-state index is 13.7. The Morgan fingerprint density at radius 2 is 1.94 bits per heavy atom. The maximum absolute atomic E-state index is 13.7. The molecule has 5 rings (SSSR count). The molecular formula is C28H35N7O. The smallest absolute Gasteiger partial charge is 0.295 e. The van der Waals surface area contributed by atoms with Crippen LogP contribution in [0.25, 0.3) is 22.6 Å². The van der Waals surface area contributed by atoms with Crippen molar-refractivity contribution in [3.05, 3.63) is 70.5 Å². The van der Waals surface area contributed by atoms with E-state index in [9.17, 15) is 4.79 Å². The molecule has 3 aromatic heterocycles. The number of pyridine rings is 1. The highest BCUT2D eigenvalue weighted by atomic mass is 16.1. The third-order valence-corrected chi connectivity index (χ3v) is 7.67. The second-order valence-electron chi connectivity index (χ2n) is 10.4. The zero-order chi connectivity index (χ0) is 25.2. The summed E-state index contributed by atoms with van der Waals surface area (Å²) in [7, 11) is 0. The van der Waals surface area contributed by atoms with E-state index in [2.05, 4.69) is 60.6 Å². The summed E-state index contributed by atoms with van der Waals surface area (Å²) < 4.78 is 3.99. The maximum Gasteiger partial charge on any atom is 0.328 e. The average Bonchev–Trinajstić information content (AvgIpc) is 3.51. The molecule has 0 radical (unpaired) electrons. The van der Waals surface area contributed by atoms with E-state index < -0.39 is 0 Å². The fourth-order valence-corrected chi connectivity index (χ4v) is 5.61. The molecule has 1 aliphatic carbocycles. The normalized spacial score (nSPS) is 19.5. The molecule has 0 amide bonds. The van der Waals surface area contributed by atoms with E-state index in [4.69, 9.17) is 4.98 Å². The van der Waals surface area contributed by atoms with Crippen LogP contribution in [0.4, 0.5) is 0 Å². The lowest BCUT2D eigenvalue weighted by atomic mass is 9.66. The number of benzene rings is 1. The van der Waals surface area contributed by atoms with Gasteiger partial charge >= 0.3 is 5.69 Å². The van der Waals surface area contributed by atoms with Crippen molar-refractivity contribution < 1.29 is 0 Å².